The number of H-pyrrole nitrogens is 1. The highest BCUT2D eigenvalue weighted by atomic mass is 15.1. The number of hydrogen-bond acceptors (Lipinski definition) is 2. The normalized spacial score (nSPS) is 16.4. The average Bonchev–Trinajstić information content (AvgIpc) is 2.97. The first-order valence-electron chi connectivity index (χ1n) is 7.50. The minimum absolute atomic E-state index is 1.03. The minimum Gasteiger partial charge on any atom is -0.303 e. The van der Waals surface area contributed by atoms with Gasteiger partial charge < -0.3 is 4.90 Å². The third kappa shape index (κ3) is 3.05. The van der Waals surface area contributed by atoms with Gasteiger partial charge in [0.2, 0.25) is 11.2 Å². The zero-order valence-corrected chi connectivity index (χ0v) is 12.1. The number of likely N-dealkylation sites (tertiary alicyclic amines) is 1. The molecular weight excluding hydrogens is 246 g/mol. The lowest BCUT2D eigenvalue weighted by molar-refractivity contribution is -0.349. The van der Waals surface area contributed by atoms with Crippen LogP contribution in [0, 0.1) is 6.92 Å². The smallest absolute Gasteiger partial charge is 0.229 e. The van der Waals surface area contributed by atoms with E-state index in [9.17, 15) is 0 Å². The lowest BCUT2D eigenvalue weighted by Crippen LogP contribution is -2.19. The molecule has 1 fully saturated rings. The van der Waals surface area contributed by atoms with Crippen LogP contribution < -0.4 is 4.98 Å². The maximum Gasteiger partial charge on any atom is 0.229 e. The second-order valence-electron chi connectivity index (χ2n) is 5.49. The van der Waals surface area contributed by atoms with Crippen molar-refractivity contribution >= 4 is 17.1 Å². The molecule has 0 aliphatic carbocycles. The maximum atomic E-state index is 4.64. The summed E-state index contributed by atoms with van der Waals surface area (Å²) in [7, 11) is 0. The monoisotopic (exact) mass is 268 g/mol. The van der Waals surface area contributed by atoms with Crippen molar-refractivity contribution in [1.29, 1.82) is 0 Å². The molecule has 1 N–H and O–H groups in total. The molecule has 104 valence electrons. The van der Waals surface area contributed by atoms with Gasteiger partial charge in [-0.2, -0.15) is 0 Å². The summed E-state index contributed by atoms with van der Waals surface area (Å²) < 4.78 is 0. The third-order valence-electron chi connectivity index (χ3n) is 3.95. The van der Waals surface area contributed by atoms with E-state index in [1.807, 2.05) is 18.2 Å². The molecule has 0 spiro atoms. The largest absolute Gasteiger partial charge is 0.303 e. The molecule has 1 aliphatic rings. The van der Waals surface area contributed by atoms with Crippen molar-refractivity contribution < 1.29 is 4.98 Å². The molecule has 0 saturated carbocycles. The number of benzene rings is 1. The Morgan fingerprint density at radius 2 is 2.05 bits per heavy atom. The van der Waals surface area contributed by atoms with Gasteiger partial charge in [-0.05, 0) is 45.3 Å². The molecule has 2 heterocycles. The molecule has 2 aromatic rings. The van der Waals surface area contributed by atoms with Crippen molar-refractivity contribution in [3.8, 4) is 0 Å². The second-order valence-corrected chi connectivity index (χ2v) is 5.49. The quantitative estimate of drug-likeness (QED) is 0.853. The van der Waals surface area contributed by atoms with Crippen LogP contribution in [0.2, 0.25) is 0 Å². The Balaban J connectivity index is 1.68. The Labute approximate surface area is 120 Å². The lowest BCUT2D eigenvalue weighted by atomic mass is 10.2. The number of nitrogens with zero attached hydrogens (tertiary/aromatic N) is 2. The van der Waals surface area contributed by atoms with E-state index in [-0.39, 0.29) is 0 Å². The van der Waals surface area contributed by atoms with Crippen LogP contribution in [0.1, 0.15) is 30.7 Å². The standard InChI is InChI=1S/C17H21N3/c1-14-15(8-4-5-11-20-12-6-7-13-20)19-17-10-3-2-9-16(17)18-14/h2-4,8-10H,5-7,11-13H2,1H3/p+1/b8-4+. The zero-order chi connectivity index (χ0) is 13.8. The van der Waals surface area contributed by atoms with E-state index in [0.717, 1.165) is 28.8 Å². The fraction of sp³-hybridized carbons (Fsp3) is 0.412. The van der Waals surface area contributed by atoms with Crippen molar-refractivity contribution in [2.45, 2.75) is 26.2 Å². The van der Waals surface area contributed by atoms with Crippen LogP contribution in [0.15, 0.2) is 30.3 Å². The molecule has 0 atom stereocenters. The number of rotatable bonds is 4. The Kier molecular flexibility index (Phi) is 4.07. The highest BCUT2D eigenvalue weighted by Crippen LogP contribution is 2.11. The first-order chi connectivity index (χ1) is 9.83. The average molecular weight is 268 g/mol. The molecule has 1 aromatic heterocycles. The molecule has 3 rings (SSSR count). The van der Waals surface area contributed by atoms with Gasteiger partial charge in [0.15, 0.2) is 0 Å². The molecule has 0 radical (unpaired) electrons. The van der Waals surface area contributed by atoms with E-state index in [0.29, 0.717) is 0 Å². The van der Waals surface area contributed by atoms with Crippen LogP contribution in [0.3, 0.4) is 0 Å². The van der Waals surface area contributed by atoms with Crippen LogP contribution >= 0.6 is 0 Å². The van der Waals surface area contributed by atoms with E-state index in [1.54, 1.807) is 0 Å². The summed E-state index contributed by atoms with van der Waals surface area (Å²) in [5.41, 5.74) is 4.29. The first-order valence-corrected chi connectivity index (χ1v) is 7.50. The van der Waals surface area contributed by atoms with Gasteiger partial charge in [-0.3, -0.25) is 0 Å². The van der Waals surface area contributed by atoms with E-state index < -0.39 is 0 Å². The van der Waals surface area contributed by atoms with Gasteiger partial charge in [-0.1, -0.05) is 18.2 Å². The molecular formula is C17H22N3+. The Bertz CT molecular complexity index is 613. The van der Waals surface area contributed by atoms with Crippen LogP contribution in [0.25, 0.3) is 17.1 Å². The molecule has 1 aromatic carbocycles. The highest BCUT2D eigenvalue weighted by molar-refractivity contribution is 5.71. The fourth-order valence-corrected chi connectivity index (χ4v) is 2.78. The van der Waals surface area contributed by atoms with Crippen LogP contribution in [-0.4, -0.2) is 29.5 Å². The van der Waals surface area contributed by atoms with Gasteiger partial charge in [-0.15, -0.1) is 0 Å². The maximum absolute atomic E-state index is 4.64. The molecule has 0 amide bonds. The lowest BCUT2D eigenvalue weighted by Gasteiger charge is -2.11. The summed E-state index contributed by atoms with van der Waals surface area (Å²) in [6.07, 6.45) is 8.27. The predicted molar refractivity (Wildman–Crippen MR) is 82.4 cm³/mol. The molecule has 3 nitrogen and oxygen atoms in total. The zero-order valence-electron chi connectivity index (χ0n) is 12.1. The number of aromatic amines is 1. The number of hydrogen-bond donors (Lipinski definition) is 0. The predicted octanol–water partition coefficient (Wildman–Crippen LogP) is 2.86. The molecule has 0 unspecified atom stereocenters. The van der Waals surface area contributed by atoms with Gasteiger partial charge in [0.05, 0.1) is 0 Å². The summed E-state index contributed by atoms with van der Waals surface area (Å²) in [6.45, 7) is 5.78. The van der Waals surface area contributed by atoms with Crippen LogP contribution in [0.5, 0.6) is 0 Å². The summed E-state index contributed by atoms with van der Waals surface area (Å²) in [4.78, 5) is 10.6. The number of aryl methyl sites for hydroxylation is 1. The fourth-order valence-electron chi connectivity index (χ4n) is 2.78. The number of fused-ring (bicyclic) bond motifs is 1. The number of aromatic nitrogens is 2. The van der Waals surface area contributed by atoms with E-state index in [4.69, 9.17) is 0 Å². The minimum atomic E-state index is 1.03. The van der Waals surface area contributed by atoms with E-state index >= 15 is 0 Å². The number of nitrogens with one attached hydrogen (secondary N) is 1. The Morgan fingerprint density at radius 1 is 1.25 bits per heavy atom. The topological polar surface area (TPSA) is 30.3 Å². The van der Waals surface area contributed by atoms with Gasteiger partial charge in [0.1, 0.15) is 11.2 Å². The molecule has 1 saturated heterocycles. The van der Waals surface area contributed by atoms with Crippen LogP contribution in [0.4, 0.5) is 0 Å². The summed E-state index contributed by atoms with van der Waals surface area (Å²) >= 11 is 0. The second kappa shape index (κ2) is 6.14. The Morgan fingerprint density at radius 3 is 2.90 bits per heavy atom. The molecule has 3 heteroatoms. The van der Waals surface area contributed by atoms with Crippen molar-refractivity contribution in [3.63, 3.8) is 0 Å². The van der Waals surface area contributed by atoms with Gasteiger partial charge in [-0.25, -0.2) is 9.97 Å². The van der Waals surface area contributed by atoms with Crippen molar-refractivity contribution in [2.75, 3.05) is 19.6 Å². The van der Waals surface area contributed by atoms with Crippen LogP contribution in [-0.2, 0) is 0 Å². The highest BCUT2D eigenvalue weighted by Gasteiger charge is 2.10. The number of para-hydroxylation sites is 2. The summed E-state index contributed by atoms with van der Waals surface area (Å²) in [6, 6.07) is 8.17. The summed E-state index contributed by atoms with van der Waals surface area (Å²) in [5.74, 6) is 0. The SMILES string of the molecule is Cc1nc2ccccc2[nH+]c1/C=C/CCN1CCCC1. The van der Waals surface area contributed by atoms with Crippen molar-refractivity contribution in [2.24, 2.45) is 0 Å². The van der Waals surface area contributed by atoms with Crippen molar-refractivity contribution in [3.05, 3.63) is 41.7 Å². The van der Waals surface area contributed by atoms with Gasteiger partial charge >= 0.3 is 0 Å². The molecule has 0 bridgehead atoms. The molecule has 20 heavy (non-hydrogen) atoms. The van der Waals surface area contributed by atoms with Gasteiger partial charge in [0, 0.05) is 18.7 Å². The van der Waals surface area contributed by atoms with E-state index in [1.165, 1.54) is 32.5 Å². The summed E-state index contributed by atoms with van der Waals surface area (Å²) in [5, 5.41) is 0. The van der Waals surface area contributed by atoms with Crippen molar-refractivity contribution in [1.82, 2.24) is 9.88 Å². The molecule has 1 aliphatic heterocycles. The first kappa shape index (κ1) is 13.3. The third-order valence-corrected chi connectivity index (χ3v) is 3.95. The van der Waals surface area contributed by atoms with E-state index in [2.05, 4.69) is 40.0 Å². The Hall–Kier alpha value is -1.74. The van der Waals surface area contributed by atoms with Gasteiger partial charge in [0.25, 0.3) is 0 Å².